The predicted octanol–water partition coefficient (Wildman–Crippen LogP) is 6.00. The Kier molecular flexibility index (Phi) is 7.83. The van der Waals surface area contributed by atoms with Crippen LogP contribution in [0.25, 0.3) is 5.76 Å². The van der Waals surface area contributed by atoms with E-state index in [1.165, 1.54) is 4.90 Å². The normalized spacial score (nSPS) is 18.8. The van der Waals surface area contributed by atoms with Crippen molar-refractivity contribution in [3.05, 3.63) is 125 Å². The van der Waals surface area contributed by atoms with Gasteiger partial charge in [-0.15, -0.1) is 0 Å². The third-order valence-electron chi connectivity index (χ3n) is 7.63. The van der Waals surface area contributed by atoms with Gasteiger partial charge in [-0.1, -0.05) is 36.4 Å². The average molecular weight is 577 g/mol. The molecular weight excluding hydrogens is 544 g/mol. The molecular formula is C35H32N2O6. The Morgan fingerprint density at radius 1 is 0.953 bits per heavy atom. The Balaban J connectivity index is 1.43. The number of carbonyl (C=O) groups excluding carboxylic acids is 2. The molecule has 1 saturated heterocycles. The molecule has 1 fully saturated rings. The Morgan fingerprint density at radius 2 is 1.74 bits per heavy atom. The van der Waals surface area contributed by atoms with Gasteiger partial charge in [0.15, 0.2) is 11.5 Å². The van der Waals surface area contributed by atoms with Gasteiger partial charge >= 0.3 is 0 Å². The van der Waals surface area contributed by atoms with Crippen molar-refractivity contribution in [1.29, 1.82) is 0 Å². The number of Topliss-reactive ketones (excluding diaryl/α,β-unsaturated/α-hetero) is 1. The van der Waals surface area contributed by atoms with E-state index in [0.29, 0.717) is 42.3 Å². The number of fused-ring (bicyclic) bond motifs is 1. The molecule has 43 heavy (non-hydrogen) atoms. The number of aliphatic hydroxyl groups is 1. The second kappa shape index (κ2) is 12.0. The lowest BCUT2D eigenvalue weighted by Gasteiger charge is -2.26. The van der Waals surface area contributed by atoms with Crippen molar-refractivity contribution in [3.8, 4) is 17.2 Å². The number of ketones is 1. The first-order valence-electron chi connectivity index (χ1n) is 14.3. The molecule has 3 aromatic carbocycles. The molecule has 218 valence electrons. The van der Waals surface area contributed by atoms with Crippen molar-refractivity contribution in [3.63, 3.8) is 0 Å². The number of nitrogens with zero attached hydrogens (tertiary/aromatic N) is 2. The number of hydrogen-bond donors (Lipinski definition) is 1. The number of hydrogen-bond acceptors (Lipinski definition) is 7. The number of carbonyl (C=O) groups is 2. The van der Waals surface area contributed by atoms with Crippen molar-refractivity contribution >= 4 is 17.4 Å². The summed E-state index contributed by atoms with van der Waals surface area (Å²) in [7, 11) is 0. The van der Waals surface area contributed by atoms with E-state index in [1.807, 2.05) is 56.3 Å². The number of amides is 1. The van der Waals surface area contributed by atoms with Crippen molar-refractivity contribution in [2.24, 2.45) is 0 Å². The second-order valence-corrected chi connectivity index (χ2v) is 10.7. The maximum atomic E-state index is 13.6. The molecule has 8 nitrogen and oxygen atoms in total. The van der Waals surface area contributed by atoms with E-state index in [4.69, 9.17) is 14.2 Å². The van der Waals surface area contributed by atoms with Gasteiger partial charge in [0.25, 0.3) is 11.7 Å². The first kappa shape index (κ1) is 28.0. The van der Waals surface area contributed by atoms with Gasteiger partial charge < -0.3 is 24.2 Å². The van der Waals surface area contributed by atoms with Crippen molar-refractivity contribution in [1.82, 2.24) is 9.88 Å². The Hall–Kier alpha value is -5.11. The minimum Gasteiger partial charge on any atom is -0.507 e. The molecule has 0 aliphatic carbocycles. The van der Waals surface area contributed by atoms with Gasteiger partial charge in [-0.2, -0.15) is 0 Å². The molecule has 0 saturated carbocycles. The number of rotatable bonds is 9. The molecule has 2 aliphatic heterocycles. The van der Waals surface area contributed by atoms with Crippen molar-refractivity contribution < 1.29 is 28.9 Å². The van der Waals surface area contributed by atoms with E-state index in [0.717, 1.165) is 22.4 Å². The standard InChI is InChI=1S/C35H32N2O6/c1-3-41-30-19-25(9-12-29(30)42-21-24-7-5-4-6-8-24)32-31(33(38)26-10-11-28-27(18-26)17-22(2)43-28)34(39)35(40)37(32)20-23-13-15-36-16-14-23/h4-16,18-19,22,32,38H,3,17,20-21H2,1-2H3/b33-31-. The molecule has 0 radical (unpaired) electrons. The van der Waals surface area contributed by atoms with E-state index < -0.39 is 17.7 Å². The van der Waals surface area contributed by atoms with Crippen molar-refractivity contribution in [2.45, 2.75) is 45.6 Å². The highest BCUT2D eigenvalue weighted by atomic mass is 16.5. The molecule has 0 spiro atoms. The van der Waals surface area contributed by atoms with Gasteiger partial charge in [-0.25, -0.2) is 0 Å². The lowest BCUT2D eigenvalue weighted by Crippen LogP contribution is -2.29. The van der Waals surface area contributed by atoms with Crippen LogP contribution in [0.4, 0.5) is 0 Å². The first-order chi connectivity index (χ1) is 20.9. The number of likely N-dealkylation sites (tertiary alicyclic amines) is 1. The van der Waals surface area contributed by atoms with Crippen LogP contribution in [-0.2, 0) is 29.2 Å². The first-order valence-corrected chi connectivity index (χ1v) is 14.3. The highest BCUT2D eigenvalue weighted by Crippen LogP contribution is 2.43. The van der Waals surface area contributed by atoms with Crippen LogP contribution in [0, 0.1) is 0 Å². The van der Waals surface area contributed by atoms with E-state index in [9.17, 15) is 14.7 Å². The van der Waals surface area contributed by atoms with Crippen LogP contribution in [0.2, 0.25) is 0 Å². The van der Waals surface area contributed by atoms with Crippen LogP contribution in [0.5, 0.6) is 17.2 Å². The van der Waals surface area contributed by atoms with E-state index in [2.05, 4.69) is 4.98 Å². The summed E-state index contributed by atoms with van der Waals surface area (Å²) in [6.45, 7) is 4.74. The zero-order valence-corrected chi connectivity index (χ0v) is 24.0. The van der Waals surface area contributed by atoms with Crippen LogP contribution in [0.1, 0.15) is 47.7 Å². The summed E-state index contributed by atoms with van der Waals surface area (Å²) in [6, 6.07) is 23.2. The molecule has 1 N–H and O–H groups in total. The molecule has 8 heteroatoms. The zero-order valence-electron chi connectivity index (χ0n) is 24.0. The van der Waals surface area contributed by atoms with Crippen LogP contribution < -0.4 is 14.2 Å². The molecule has 6 rings (SSSR count). The largest absolute Gasteiger partial charge is 0.507 e. The third kappa shape index (κ3) is 5.68. The number of ether oxygens (including phenoxy) is 3. The van der Waals surface area contributed by atoms with E-state index >= 15 is 0 Å². The number of pyridine rings is 1. The lowest BCUT2D eigenvalue weighted by molar-refractivity contribution is -0.140. The van der Waals surface area contributed by atoms with Gasteiger partial charge in [0.2, 0.25) is 0 Å². The molecule has 2 atom stereocenters. The molecule has 0 bridgehead atoms. The maximum absolute atomic E-state index is 13.6. The summed E-state index contributed by atoms with van der Waals surface area (Å²) < 4.78 is 17.9. The quantitative estimate of drug-likeness (QED) is 0.148. The number of aliphatic hydroxyl groups excluding tert-OH is 1. The predicted molar refractivity (Wildman–Crippen MR) is 161 cm³/mol. The van der Waals surface area contributed by atoms with Gasteiger partial charge in [0.1, 0.15) is 24.2 Å². The molecule has 2 aliphatic rings. The van der Waals surface area contributed by atoms with E-state index in [-0.39, 0.29) is 24.0 Å². The highest BCUT2D eigenvalue weighted by Gasteiger charge is 2.46. The van der Waals surface area contributed by atoms with Crippen LogP contribution in [0.15, 0.2) is 96.8 Å². The van der Waals surface area contributed by atoms with E-state index in [1.54, 1.807) is 48.8 Å². The SMILES string of the molecule is CCOc1cc(C2/C(=C(/O)c3ccc4c(c3)CC(C)O4)C(=O)C(=O)N2Cc2ccncc2)ccc1OCc1ccccc1. The molecule has 1 aromatic heterocycles. The second-order valence-electron chi connectivity index (χ2n) is 10.7. The fourth-order valence-electron chi connectivity index (χ4n) is 5.62. The van der Waals surface area contributed by atoms with Gasteiger partial charge in [-0.3, -0.25) is 14.6 Å². The van der Waals surface area contributed by atoms with Crippen LogP contribution >= 0.6 is 0 Å². The van der Waals surface area contributed by atoms with Crippen molar-refractivity contribution in [2.75, 3.05) is 6.61 Å². The number of aromatic nitrogens is 1. The minimum absolute atomic E-state index is 0.0198. The van der Waals surface area contributed by atoms with Gasteiger partial charge in [0.05, 0.1) is 18.2 Å². The topological polar surface area (TPSA) is 98.2 Å². The highest BCUT2D eigenvalue weighted by molar-refractivity contribution is 6.46. The van der Waals surface area contributed by atoms with Crippen LogP contribution in [0.3, 0.4) is 0 Å². The summed E-state index contributed by atoms with van der Waals surface area (Å²) in [5, 5.41) is 11.6. The summed E-state index contributed by atoms with van der Waals surface area (Å²) >= 11 is 0. The Labute approximate surface area is 250 Å². The zero-order chi connectivity index (χ0) is 29.9. The molecule has 3 heterocycles. The third-order valence-corrected chi connectivity index (χ3v) is 7.63. The number of benzene rings is 3. The van der Waals surface area contributed by atoms with Crippen LogP contribution in [-0.4, -0.2) is 39.4 Å². The smallest absolute Gasteiger partial charge is 0.295 e. The summed E-state index contributed by atoms with van der Waals surface area (Å²) in [4.78, 5) is 32.7. The Bertz CT molecular complexity index is 1690. The fourth-order valence-corrected chi connectivity index (χ4v) is 5.62. The Morgan fingerprint density at radius 3 is 2.51 bits per heavy atom. The monoisotopic (exact) mass is 576 g/mol. The maximum Gasteiger partial charge on any atom is 0.295 e. The molecule has 2 unspecified atom stereocenters. The minimum atomic E-state index is -0.862. The lowest BCUT2D eigenvalue weighted by atomic mass is 9.94. The summed E-state index contributed by atoms with van der Waals surface area (Å²) in [6.07, 6.45) is 4.00. The average Bonchev–Trinajstić information content (AvgIpc) is 3.52. The molecule has 4 aromatic rings. The summed E-state index contributed by atoms with van der Waals surface area (Å²) in [5.74, 6) is 0.103. The summed E-state index contributed by atoms with van der Waals surface area (Å²) in [5.41, 5.74) is 3.84. The van der Waals surface area contributed by atoms with Gasteiger partial charge in [0, 0.05) is 30.9 Å². The van der Waals surface area contributed by atoms with Gasteiger partial charge in [-0.05, 0) is 78.6 Å². The fraction of sp³-hybridized carbons (Fsp3) is 0.229. The molecule has 1 amide bonds.